The highest BCUT2D eigenvalue weighted by molar-refractivity contribution is 9.13. The number of halogens is 2. The number of nitrogens with one attached hydrogen (secondary N) is 1. The molecule has 23 heavy (non-hydrogen) atoms. The molecule has 0 aliphatic carbocycles. The average molecular weight is 485 g/mol. The molecule has 0 atom stereocenters. The van der Waals surface area contributed by atoms with Crippen LogP contribution in [0.2, 0.25) is 0 Å². The van der Waals surface area contributed by atoms with E-state index in [1.165, 1.54) is 0 Å². The quantitative estimate of drug-likeness (QED) is 0.648. The maximum atomic E-state index is 12.3. The Balaban J connectivity index is 2.08. The number of hydrogen-bond donors (Lipinski definition) is 1. The molecule has 9 heteroatoms. The first kappa shape index (κ1) is 18.7. The Labute approximate surface area is 156 Å². The van der Waals surface area contributed by atoms with Gasteiger partial charge in [-0.15, -0.1) is 11.3 Å². The zero-order chi connectivity index (χ0) is 17.0. The van der Waals surface area contributed by atoms with E-state index in [-0.39, 0.29) is 10.8 Å². The zero-order valence-corrected chi connectivity index (χ0v) is 17.2. The van der Waals surface area contributed by atoms with Gasteiger partial charge in [-0.25, -0.2) is 13.1 Å². The highest BCUT2D eigenvalue weighted by atomic mass is 79.9. The van der Waals surface area contributed by atoms with Crippen molar-refractivity contribution in [3.63, 3.8) is 0 Å². The number of para-hydroxylation sites is 1. The second-order valence-corrected chi connectivity index (χ2v) is 9.71. The number of sulfonamides is 1. The van der Waals surface area contributed by atoms with Crippen molar-refractivity contribution in [2.45, 2.75) is 10.6 Å². The maximum absolute atomic E-state index is 12.3. The Morgan fingerprint density at radius 1 is 1.22 bits per heavy atom. The molecule has 0 saturated heterocycles. The molecule has 0 amide bonds. The molecule has 126 valence electrons. The Hall–Kier alpha value is -0.610. The SMILES string of the molecule is COc1cccc(CCNS(=O)(=O)c2cc(Br)c(Br)s2)c1OC. The third kappa shape index (κ3) is 4.48. The monoisotopic (exact) mass is 483 g/mol. The summed E-state index contributed by atoms with van der Waals surface area (Å²) in [6, 6.07) is 7.10. The number of hydrogen-bond acceptors (Lipinski definition) is 5. The summed E-state index contributed by atoms with van der Waals surface area (Å²) < 4.78 is 39.4. The van der Waals surface area contributed by atoms with Gasteiger partial charge in [0.05, 0.1) is 18.0 Å². The van der Waals surface area contributed by atoms with Crippen LogP contribution in [0.3, 0.4) is 0 Å². The first-order chi connectivity index (χ1) is 10.9. The van der Waals surface area contributed by atoms with Gasteiger partial charge in [0.25, 0.3) is 0 Å². The number of methoxy groups -OCH3 is 2. The average Bonchev–Trinajstić information content (AvgIpc) is 2.87. The lowest BCUT2D eigenvalue weighted by atomic mass is 10.1. The largest absolute Gasteiger partial charge is 0.493 e. The second kappa shape index (κ2) is 7.98. The molecule has 0 aliphatic heterocycles. The normalized spacial score (nSPS) is 11.5. The van der Waals surface area contributed by atoms with E-state index in [4.69, 9.17) is 9.47 Å². The van der Waals surface area contributed by atoms with Crippen molar-refractivity contribution in [1.82, 2.24) is 4.72 Å². The molecule has 0 saturated carbocycles. The Morgan fingerprint density at radius 2 is 1.96 bits per heavy atom. The minimum absolute atomic E-state index is 0.258. The highest BCUT2D eigenvalue weighted by Crippen LogP contribution is 2.35. The first-order valence-electron chi connectivity index (χ1n) is 6.53. The summed E-state index contributed by atoms with van der Waals surface area (Å²) >= 11 is 7.74. The summed E-state index contributed by atoms with van der Waals surface area (Å²) in [5, 5.41) is 0. The van der Waals surface area contributed by atoms with E-state index in [1.807, 2.05) is 12.1 Å². The lowest BCUT2D eigenvalue weighted by Gasteiger charge is -2.12. The summed E-state index contributed by atoms with van der Waals surface area (Å²) in [5.41, 5.74) is 0.878. The van der Waals surface area contributed by atoms with Crippen LogP contribution in [-0.4, -0.2) is 29.2 Å². The third-order valence-electron chi connectivity index (χ3n) is 3.06. The van der Waals surface area contributed by atoms with E-state index in [1.54, 1.807) is 26.4 Å². The van der Waals surface area contributed by atoms with E-state index < -0.39 is 10.0 Å². The molecule has 0 radical (unpaired) electrons. The fraction of sp³-hybridized carbons (Fsp3) is 0.286. The van der Waals surface area contributed by atoms with Gasteiger partial charge in [-0.1, -0.05) is 12.1 Å². The molecular formula is C14H15Br2NO4S2. The lowest BCUT2D eigenvalue weighted by molar-refractivity contribution is 0.351. The Morgan fingerprint density at radius 3 is 2.52 bits per heavy atom. The van der Waals surface area contributed by atoms with Crippen LogP contribution in [0.5, 0.6) is 11.5 Å². The van der Waals surface area contributed by atoms with E-state index in [0.717, 1.165) is 25.2 Å². The van der Waals surface area contributed by atoms with E-state index in [2.05, 4.69) is 36.6 Å². The molecule has 0 fully saturated rings. The minimum atomic E-state index is -3.53. The lowest BCUT2D eigenvalue weighted by Crippen LogP contribution is -2.25. The van der Waals surface area contributed by atoms with Crippen LogP contribution in [0.4, 0.5) is 0 Å². The first-order valence-corrected chi connectivity index (χ1v) is 10.4. The second-order valence-electron chi connectivity index (χ2n) is 4.49. The molecule has 1 aromatic carbocycles. The standard InChI is InChI=1S/C14H15Br2NO4S2/c1-20-11-5-3-4-9(13(11)21-2)6-7-17-23(18,19)12-8-10(15)14(16)22-12/h3-5,8,17H,6-7H2,1-2H3. The molecule has 0 bridgehead atoms. The molecule has 0 spiro atoms. The van der Waals surface area contributed by atoms with Crippen molar-refractivity contribution in [3.05, 3.63) is 38.1 Å². The summed E-state index contributed by atoms with van der Waals surface area (Å²) in [5.74, 6) is 1.25. The fourth-order valence-corrected chi connectivity index (χ4v) is 5.90. The van der Waals surface area contributed by atoms with Gasteiger partial charge in [0.2, 0.25) is 10.0 Å². The molecule has 0 aliphatic rings. The van der Waals surface area contributed by atoms with Crippen LogP contribution in [0.1, 0.15) is 5.56 Å². The molecule has 1 aromatic heterocycles. The van der Waals surface area contributed by atoms with Gasteiger partial charge in [0, 0.05) is 11.0 Å². The summed E-state index contributed by atoms with van der Waals surface area (Å²) in [4.78, 5) is 0. The van der Waals surface area contributed by atoms with Crippen LogP contribution in [0.15, 0.2) is 36.7 Å². The van der Waals surface area contributed by atoms with Crippen molar-refractivity contribution < 1.29 is 17.9 Å². The predicted molar refractivity (Wildman–Crippen MR) is 98.2 cm³/mol. The van der Waals surface area contributed by atoms with Crippen molar-refractivity contribution >= 4 is 53.2 Å². The van der Waals surface area contributed by atoms with Crippen molar-refractivity contribution in [3.8, 4) is 11.5 Å². The van der Waals surface area contributed by atoms with Gasteiger partial charge in [0.15, 0.2) is 11.5 Å². The molecule has 5 nitrogen and oxygen atoms in total. The highest BCUT2D eigenvalue weighted by Gasteiger charge is 2.19. The summed E-state index contributed by atoms with van der Waals surface area (Å²) in [7, 11) is -0.403. The summed E-state index contributed by atoms with van der Waals surface area (Å²) in [6.45, 7) is 0.263. The van der Waals surface area contributed by atoms with Crippen LogP contribution in [0, 0.1) is 0 Å². The van der Waals surface area contributed by atoms with E-state index in [0.29, 0.717) is 17.9 Å². The number of thiophene rings is 1. The van der Waals surface area contributed by atoms with E-state index >= 15 is 0 Å². The van der Waals surface area contributed by atoms with Gasteiger partial charge in [-0.05, 0) is 56.0 Å². The van der Waals surface area contributed by atoms with Gasteiger partial charge in [0.1, 0.15) is 4.21 Å². The van der Waals surface area contributed by atoms with Gasteiger partial charge < -0.3 is 9.47 Å². The maximum Gasteiger partial charge on any atom is 0.250 e. The molecule has 2 aromatic rings. The smallest absolute Gasteiger partial charge is 0.250 e. The fourth-order valence-electron chi connectivity index (χ4n) is 2.00. The molecular weight excluding hydrogens is 470 g/mol. The van der Waals surface area contributed by atoms with Crippen LogP contribution >= 0.6 is 43.2 Å². The van der Waals surface area contributed by atoms with Crippen LogP contribution in [-0.2, 0) is 16.4 Å². The Kier molecular flexibility index (Phi) is 6.49. The number of ether oxygens (including phenoxy) is 2. The summed E-state index contributed by atoms with van der Waals surface area (Å²) in [6.07, 6.45) is 0.493. The minimum Gasteiger partial charge on any atom is -0.493 e. The molecule has 1 N–H and O–H groups in total. The predicted octanol–water partition coefficient (Wildman–Crippen LogP) is 3.81. The van der Waals surface area contributed by atoms with Crippen molar-refractivity contribution in [2.75, 3.05) is 20.8 Å². The topological polar surface area (TPSA) is 64.6 Å². The zero-order valence-electron chi connectivity index (χ0n) is 12.4. The number of benzene rings is 1. The third-order valence-corrected chi connectivity index (χ3v) is 8.25. The molecule has 1 heterocycles. The van der Waals surface area contributed by atoms with Crippen molar-refractivity contribution in [1.29, 1.82) is 0 Å². The van der Waals surface area contributed by atoms with Crippen molar-refractivity contribution in [2.24, 2.45) is 0 Å². The Bertz CT molecular complexity index is 771. The van der Waals surface area contributed by atoms with Crippen LogP contribution < -0.4 is 14.2 Å². The van der Waals surface area contributed by atoms with Gasteiger partial charge >= 0.3 is 0 Å². The van der Waals surface area contributed by atoms with Gasteiger partial charge in [-0.3, -0.25) is 0 Å². The van der Waals surface area contributed by atoms with Crippen LogP contribution in [0.25, 0.3) is 0 Å². The van der Waals surface area contributed by atoms with E-state index in [9.17, 15) is 8.42 Å². The molecule has 2 rings (SSSR count). The molecule has 0 unspecified atom stereocenters. The van der Waals surface area contributed by atoms with Gasteiger partial charge in [-0.2, -0.15) is 0 Å². The number of rotatable bonds is 7.